The molecule has 5 nitrogen and oxygen atoms in total. The summed E-state index contributed by atoms with van der Waals surface area (Å²) >= 11 is 0. The van der Waals surface area contributed by atoms with Crippen LogP contribution in [0.4, 0.5) is 5.69 Å². The van der Waals surface area contributed by atoms with Crippen molar-refractivity contribution >= 4 is 11.6 Å². The maximum Gasteiger partial charge on any atom is 0.267 e. The van der Waals surface area contributed by atoms with E-state index in [4.69, 9.17) is 5.26 Å². The van der Waals surface area contributed by atoms with Crippen molar-refractivity contribution in [3.8, 4) is 11.8 Å². The summed E-state index contributed by atoms with van der Waals surface area (Å²) < 4.78 is 0. The third kappa shape index (κ3) is 3.01. The number of hydrogen-bond acceptors (Lipinski definition) is 4. The molecular weight excluding hydrogens is 230 g/mol. The topological polar surface area (TPSA) is 85.2 Å². The first-order valence-electron chi connectivity index (χ1n) is 5.66. The molecule has 0 unspecified atom stereocenters. The van der Waals surface area contributed by atoms with Crippen LogP contribution < -0.4 is 10.6 Å². The fourth-order valence-corrected chi connectivity index (χ4v) is 1.37. The van der Waals surface area contributed by atoms with E-state index >= 15 is 0 Å². The van der Waals surface area contributed by atoms with Gasteiger partial charge in [0.25, 0.3) is 5.91 Å². The minimum absolute atomic E-state index is 0.00912. The van der Waals surface area contributed by atoms with Gasteiger partial charge in [-0.3, -0.25) is 4.79 Å². The molecular formula is C13H13N3O2. The van der Waals surface area contributed by atoms with Gasteiger partial charge in [0.15, 0.2) is 0 Å². The maximum atomic E-state index is 11.8. The summed E-state index contributed by atoms with van der Waals surface area (Å²) in [4.78, 5) is 11.8. The Labute approximate surface area is 105 Å². The van der Waals surface area contributed by atoms with Crippen LogP contribution in [-0.2, 0) is 4.79 Å². The Hall–Kier alpha value is -2.48. The molecule has 1 saturated carbocycles. The second-order valence-corrected chi connectivity index (χ2v) is 4.08. The quantitative estimate of drug-likeness (QED) is 0.425. The average molecular weight is 243 g/mol. The zero-order valence-corrected chi connectivity index (χ0v) is 9.68. The third-order valence-corrected chi connectivity index (χ3v) is 2.56. The van der Waals surface area contributed by atoms with Crippen LogP contribution in [0.1, 0.15) is 12.8 Å². The Kier molecular flexibility index (Phi) is 3.49. The number of aromatic hydroxyl groups is 1. The van der Waals surface area contributed by atoms with Gasteiger partial charge in [-0.1, -0.05) is 12.1 Å². The van der Waals surface area contributed by atoms with Crippen molar-refractivity contribution in [2.75, 3.05) is 5.32 Å². The second kappa shape index (κ2) is 5.23. The van der Waals surface area contributed by atoms with Gasteiger partial charge in [0.1, 0.15) is 17.4 Å². The van der Waals surface area contributed by atoms with Gasteiger partial charge in [-0.15, -0.1) is 0 Å². The zero-order chi connectivity index (χ0) is 13.0. The largest absolute Gasteiger partial charge is 0.506 e. The van der Waals surface area contributed by atoms with Crippen LogP contribution in [0, 0.1) is 11.3 Å². The predicted octanol–water partition coefficient (Wildman–Crippen LogP) is 1.49. The smallest absolute Gasteiger partial charge is 0.267 e. The van der Waals surface area contributed by atoms with Gasteiger partial charge in [-0.25, -0.2) is 0 Å². The van der Waals surface area contributed by atoms with Crippen LogP contribution in [0.5, 0.6) is 5.75 Å². The predicted molar refractivity (Wildman–Crippen MR) is 66.6 cm³/mol. The van der Waals surface area contributed by atoms with Gasteiger partial charge < -0.3 is 15.7 Å². The van der Waals surface area contributed by atoms with Crippen molar-refractivity contribution in [2.24, 2.45) is 0 Å². The Balaban J connectivity index is 2.03. The van der Waals surface area contributed by atoms with Gasteiger partial charge >= 0.3 is 0 Å². The minimum atomic E-state index is -0.535. The Bertz CT molecular complexity index is 527. The summed E-state index contributed by atoms with van der Waals surface area (Å²) in [6.07, 6.45) is 3.56. The number of benzene rings is 1. The van der Waals surface area contributed by atoms with Crippen molar-refractivity contribution in [3.05, 3.63) is 36.0 Å². The zero-order valence-electron chi connectivity index (χ0n) is 9.68. The molecule has 1 aliphatic carbocycles. The van der Waals surface area contributed by atoms with Crippen LogP contribution >= 0.6 is 0 Å². The average Bonchev–Trinajstić information content (AvgIpc) is 3.17. The van der Waals surface area contributed by atoms with E-state index in [1.54, 1.807) is 18.2 Å². The molecule has 2 rings (SSSR count). The van der Waals surface area contributed by atoms with E-state index in [0.29, 0.717) is 6.04 Å². The normalized spacial score (nSPS) is 14.7. The molecule has 0 heterocycles. The van der Waals surface area contributed by atoms with E-state index in [2.05, 4.69) is 10.6 Å². The summed E-state index contributed by atoms with van der Waals surface area (Å²) in [7, 11) is 0. The summed E-state index contributed by atoms with van der Waals surface area (Å²) in [5.74, 6) is -0.564. The van der Waals surface area contributed by atoms with Crippen molar-refractivity contribution < 1.29 is 9.90 Å². The van der Waals surface area contributed by atoms with Crippen molar-refractivity contribution in [1.82, 2.24) is 5.32 Å². The first kappa shape index (κ1) is 12.0. The van der Waals surface area contributed by atoms with E-state index in [1.165, 1.54) is 12.3 Å². The Morgan fingerprint density at radius 1 is 1.44 bits per heavy atom. The molecule has 5 heteroatoms. The van der Waals surface area contributed by atoms with Crippen LogP contribution in [0.15, 0.2) is 36.0 Å². The lowest BCUT2D eigenvalue weighted by Crippen LogP contribution is -2.17. The third-order valence-electron chi connectivity index (χ3n) is 2.56. The van der Waals surface area contributed by atoms with Crippen molar-refractivity contribution in [2.45, 2.75) is 18.9 Å². The molecule has 3 N–H and O–H groups in total. The lowest BCUT2D eigenvalue weighted by atomic mass is 10.2. The molecule has 0 bridgehead atoms. The Morgan fingerprint density at radius 2 is 2.17 bits per heavy atom. The molecule has 0 aliphatic heterocycles. The highest BCUT2D eigenvalue weighted by Crippen LogP contribution is 2.22. The van der Waals surface area contributed by atoms with Gasteiger partial charge in [0, 0.05) is 12.2 Å². The molecule has 1 amide bonds. The van der Waals surface area contributed by atoms with E-state index in [0.717, 1.165) is 12.8 Å². The summed E-state index contributed by atoms with van der Waals surface area (Å²) in [5, 5.41) is 23.9. The summed E-state index contributed by atoms with van der Waals surface area (Å²) in [5.41, 5.74) is 0.278. The Morgan fingerprint density at radius 3 is 2.78 bits per heavy atom. The molecule has 0 spiro atoms. The number of phenols is 1. The monoisotopic (exact) mass is 243 g/mol. The number of nitriles is 1. The summed E-state index contributed by atoms with van der Waals surface area (Å²) in [6.45, 7) is 0. The van der Waals surface area contributed by atoms with Crippen LogP contribution in [-0.4, -0.2) is 17.1 Å². The highest BCUT2D eigenvalue weighted by Gasteiger charge is 2.20. The first-order chi connectivity index (χ1) is 8.70. The number of carbonyl (C=O) groups excluding carboxylic acids is 1. The molecule has 0 radical (unpaired) electrons. The number of hydrogen-bond donors (Lipinski definition) is 3. The molecule has 1 aromatic carbocycles. The SMILES string of the molecule is N#C/C(=C/NC1CC1)C(=O)Nc1ccccc1O. The van der Waals surface area contributed by atoms with E-state index < -0.39 is 5.91 Å². The number of carbonyl (C=O) groups is 1. The molecule has 18 heavy (non-hydrogen) atoms. The number of nitrogens with one attached hydrogen (secondary N) is 2. The molecule has 1 fully saturated rings. The van der Waals surface area contributed by atoms with Gasteiger partial charge in [-0.05, 0) is 25.0 Å². The molecule has 0 saturated heterocycles. The van der Waals surface area contributed by atoms with E-state index in [-0.39, 0.29) is 17.0 Å². The van der Waals surface area contributed by atoms with E-state index in [1.807, 2.05) is 6.07 Å². The van der Waals surface area contributed by atoms with Crippen molar-refractivity contribution in [3.63, 3.8) is 0 Å². The number of phenolic OH excluding ortho intramolecular Hbond substituents is 1. The standard InChI is InChI=1S/C13H13N3O2/c14-7-9(8-15-10-5-6-10)13(18)16-11-3-1-2-4-12(11)17/h1-4,8,10,15,17H,5-6H2,(H,16,18)/b9-8-. The van der Waals surface area contributed by atoms with Gasteiger partial charge in [0.2, 0.25) is 0 Å². The molecule has 92 valence electrons. The summed E-state index contributed by atoms with van der Waals surface area (Å²) in [6, 6.07) is 8.58. The van der Waals surface area contributed by atoms with Gasteiger partial charge in [-0.2, -0.15) is 5.26 Å². The fourth-order valence-electron chi connectivity index (χ4n) is 1.37. The number of para-hydroxylation sites is 2. The van der Waals surface area contributed by atoms with Crippen LogP contribution in [0.3, 0.4) is 0 Å². The maximum absolute atomic E-state index is 11.8. The van der Waals surface area contributed by atoms with Crippen LogP contribution in [0.25, 0.3) is 0 Å². The number of amides is 1. The first-order valence-corrected chi connectivity index (χ1v) is 5.66. The molecule has 0 aromatic heterocycles. The highest BCUT2D eigenvalue weighted by atomic mass is 16.3. The molecule has 0 atom stereocenters. The number of nitrogens with zero attached hydrogens (tertiary/aromatic N) is 1. The second-order valence-electron chi connectivity index (χ2n) is 4.08. The van der Waals surface area contributed by atoms with Gasteiger partial charge in [0.05, 0.1) is 5.69 Å². The number of rotatable bonds is 4. The van der Waals surface area contributed by atoms with E-state index in [9.17, 15) is 9.90 Å². The van der Waals surface area contributed by atoms with Crippen molar-refractivity contribution in [1.29, 1.82) is 5.26 Å². The molecule has 1 aliphatic rings. The highest BCUT2D eigenvalue weighted by molar-refractivity contribution is 6.07. The lowest BCUT2D eigenvalue weighted by Gasteiger charge is -2.06. The molecule has 1 aromatic rings. The van der Waals surface area contributed by atoms with Crippen LogP contribution in [0.2, 0.25) is 0 Å². The number of anilines is 1. The minimum Gasteiger partial charge on any atom is -0.506 e. The lowest BCUT2D eigenvalue weighted by molar-refractivity contribution is -0.112. The fraction of sp³-hybridized carbons (Fsp3) is 0.231.